The van der Waals surface area contributed by atoms with Crippen molar-refractivity contribution in [3.63, 3.8) is 0 Å². The molecule has 1 nitrogen and oxygen atoms in total. The molecule has 0 saturated carbocycles. The molecule has 60 valence electrons. The predicted molar refractivity (Wildman–Crippen MR) is 51.8 cm³/mol. The second-order valence-corrected chi connectivity index (χ2v) is 2.30. The summed E-state index contributed by atoms with van der Waals surface area (Å²) in [6, 6.07) is 0. The standard InChI is InChI=1S/C10H15N/c1-5-7-9(3)10(11-4)8-6-2/h5-9H,2,4H2,1,3H3/b7-5+,10-8-. The Hall–Kier alpha value is -1.11. The number of nitrogens with zero attached hydrogens (tertiary/aromatic N) is 1. The quantitative estimate of drug-likeness (QED) is 0.331. The molecule has 0 bridgehead atoms. The molecule has 1 atom stereocenters. The van der Waals surface area contributed by atoms with E-state index in [0.717, 1.165) is 5.70 Å². The van der Waals surface area contributed by atoms with Crippen LogP contribution in [0.5, 0.6) is 0 Å². The fourth-order valence-electron chi connectivity index (χ4n) is 0.856. The van der Waals surface area contributed by atoms with Crippen LogP contribution in [0.25, 0.3) is 0 Å². The molecule has 0 spiro atoms. The van der Waals surface area contributed by atoms with Gasteiger partial charge in [-0.2, -0.15) is 0 Å². The fraction of sp³-hybridized carbons (Fsp3) is 0.300. The summed E-state index contributed by atoms with van der Waals surface area (Å²) in [4.78, 5) is 3.88. The molecule has 0 amide bonds. The van der Waals surface area contributed by atoms with E-state index in [0.29, 0.717) is 5.92 Å². The maximum absolute atomic E-state index is 3.88. The average molecular weight is 149 g/mol. The molecule has 0 N–H and O–H groups in total. The number of rotatable bonds is 4. The van der Waals surface area contributed by atoms with E-state index < -0.39 is 0 Å². The van der Waals surface area contributed by atoms with E-state index in [2.05, 4.69) is 31.3 Å². The molecule has 0 aromatic carbocycles. The predicted octanol–water partition coefficient (Wildman–Crippen LogP) is 2.97. The Kier molecular flexibility index (Phi) is 5.09. The molecule has 0 aromatic rings. The Morgan fingerprint density at radius 2 is 2.18 bits per heavy atom. The maximum atomic E-state index is 3.88. The minimum Gasteiger partial charge on any atom is -0.268 e. The summed E-state index contributed by atoms with van der Waals surface area (Å²) < 4.78 is 0. The molecular formula is C10H15N. The second kappa shape index (κ2) is 5.66. The van der Waals surface area contributed by atoms with Gasteiger partial charge in [-0.25, -0.2) is 0 Å². The van der Waals surface area contributed by atoms with Gasteiger partial charge in [0.25, 0.3) is 0 Å². The number of allylic oxidation sites excluding steroid dienone is 4. The number of hydrogen-bond acceptors (Lipinski definition) is 1. The molecular weight excluding hydrogens is 134 g/mol. The van der Waals surface area contributed by atoms with Crippen molar-refractivity contribution in [2.75, 3.05) is 0 Å². The van der Waals surface area contributed by atoms with E-state index >= 15 is 0 Å². The third kappa shape index (κ3) is 3.56. The molecule has 1 heteroatoms. The van der Waals surface area contributed by atoms with Crippen LogP contribution in [0, 0.1) is 5.92 Å². The molecule has 0 heterocycles. The van der Waals surface area contributed by atoms with Crippen molar-refractivity contribution in [2.24, 2.45) is 10.9 Å². The highest BCUT2D eigenvalue weighted by Crippen LogP contribution is 2.12. The Morgan fingerprint density at radius 3 is 2.55 bits per heavy atom. The van der Waals surface area contributed by atoms with Crippen LogP contribution < -0.4 is 0 Å². The smallest absolute Gasteiger partial charge is 0.0461 e. The zero-order valence-electron chi connectivity index (χ0n) is 7.25. The van der Waals surface area contributed by atoms with Crippen LogP contribution in [0.3, 0.4) is 0 Å². The first-order valence-corrected chi connectivity index (χ1v) is 3.68. The maximum Gasteiger partial charge on any atom is 0.0461 e. The van der Waals surface area contributed by atoms with Gasteiger partial charge in [-0.1, -0.05) is 31.7 Å². The summed E-state index contributed by atoms with van der Waals surface area (Å²) in [6.07, 6.45) is 7.68. The van der Waals surface area contributed by atoms with Crippen molar-refractivity contribution in [2.45, 2.75) is 13.8 Å². The lowest BCUT2D eigenvalue weighted by Crippen LogP contribution is -1.91. The van der Waals surface area contributed by atoms with Gasteiger partial charge in [-0.3, -0.25) is 4.99 Å². The van der Waals surface area contributed by atoms with Crippen molar-refractivity contribution < 1.29 is 0 Å². The summed E-state index contributed by atoms with van der Waals surface area (Å²) in [5, 5.41) is 0. The topological polar surface area (TPSA) is 12.4 Å². The normalized spacial score (nSPS) is 14.9. The van der Waals surface area contributed by atoms with Crippen LogP contribution in [0.4, 0.5) is 0 Å². The Bertz CT molecular complexity index is 187. The molecule has 11 heavy (non-hydrogen) atoms. The van der Waals surface area contributed by atoms with E-state index in [1.165, 1.54) is 0 Å². The summed E-state index contributed by atoms with van der Waals surface area (Å²) in [6.45, 7) is 11.2. The van der Waals surface area contributed by atoms with Crippen molar-refractivity contribution in [3.8, 4) is 0 Å². The highest BCUT2D eigenvalue weighted by molar-refractivity contribution is 5.31. The zero-order valence-corrected chi connectivity index (χ0v) is 7.25. The van der Waals surface area contributed by atoms with Gasteiger partial charge in [-0.05, 0) is 19.7 Å². The molecule has 1 unspecified atom stereocenters. The van der Waals surface area contributed by atoms with E-state index in [-0.39, 0.29) is 0 Å². The highest BCUT2D eigenvalue weighted by Gasteiger charge is 1.99. The monoisotopic (exact) mass is 149 g/mol. The summed E-state index contributed by atoms with van der Waals surface area (Å²) in [7, 11) is 0. The van der Waals surface area contributed by atoms with Gasteiger partial charge in [0.1, 0.15) is 0 Å². The second-order valence-electron chi connectivity index (χ2n) is 2.30. The van der Waals surface area contributed by atoms with Crippen molar-refractivity contribution >= 4 is 6.72 Å². The number of aliphatic imine (C=N–C) groups is 1. The third-order valence-corrected chi connectivity index (χ3v) is 1.42. The summed E-state index contributed by atoms with van der Waals surface area (Å²) >= 11 is 0. The van der Waals surface area contributed by atoms with Crippen molar-refractivity contribution in [3.05, 3.63) is 36.6 Å². The first-order valence-electron chi connectivity index (χ1n) is 3.68. The molecule has 0 aliphatic rings. The fourth-order valence-corrected chi connectivity index (χ4v) is 0.856. The molecule has 0 aliphatic heterocycles. The molecule has 0 fully saturated rings. The minimum atomic E-state index is 0.329. The molecule has 0 rings (SSSR count). The van der Waals surface area contributed by atoms with Gasteiger partial charge >= 0.3 is 0 Å². The highest BCUT2D eigenvalue weighted by atomic mass is 14.7. The summed E-state index contributed by atoms with van der Waals surface area (Å²) in [5.74, 6) is 0.329. The van der Waals surface area contributed by atoms with Gasteiger partial charge in [0.05, 0.1) is 0 Å². The molecule has 0 radical (unpaired) electrons. The van der Waals surface area contributed by atoms with E-state index in [9.17, 15) is 0 Å². The van der Waals surface area contributed by atoms with E-state index in [1.807, 2.05) is 19.1 Å². The van der Waals surface area contributed by atoms with Crippen LogP contribution >= 0.6 is 0 Å². The Balaban J connectivity index is 4.36. The van der Waals surface area contributed by atoms with E-state index in [1.54, 1.807) is 6.08 Å². The van der Waals surface area contributed by atoms with Crippen LogP contribution in [0.15, 0.2) is 41.6 Å². The Morgan fingerprint density at radius 1 is 1.55 bits per heavy atom. The first-order chi connectivity index (χ1) is 5.26. The van der Waals surface area contributed by atoms with Crippen molar-refractivity contribution in [1.82, 2.24) is 0 Å². The van der Waals surface area contributed by atoms with Gasteiger partial charge in [0, 0.05) is 11.6 Å². The van der Waals surface area contributed by atoms with Crippen LogP contribution in [0.1, 0.15) is 13.8 Å². The van der Waals surface area contributed by atoms with Crippen LogP contribution in [-0.2, 0) is 0 Å². The first kappa shape index (κ1) is 9.89. The van der Waals surface area contributed by atoms with Crippen LogP contribution in [0.2, 0.25) is 0 Å². The van der Waals surface area contributed by atoms with Crippen molar-refractivity contribution in [1.29, 1.82) is 0 Å². The van der Waals surface area contributed by atoms with Gasteiger partial charge in [-0.15, -0.1) is 0 Å². The Labute approximate surface area is 68.9 Å². The van der Waals surface area contributed by atoms with Crippen LogP contribution in [-0.4, -0.2) is 6.72 Å². The lowest BCUT2D eigenvalue weighted by atomic mass is 10.1. The summed E-state index contributed by atoms with van der Waals surface area (Å²) in [5.41, 5.74) is 0.957. The van der Waals surface area contributed by atoms with Gasteiger partial charge in [0.15, 0.2) is 0 Å². The lowest BCUT2D eigenvalue weighted by Gasteiger charge is -2.04. The zero-order chi connectivity index (χ0) is 8.69. The van der Waals surface area contributed by atoms with Gasteiger partial charge in [0.2, 0.25) is 0 Å². The van der Waals surface area contributed by atoms with E-state index in [4.69, 9.17) is 0 Å². The molecule has 0 aromatic heterocycles. The van der Waals surface area contributed by atoms with Gasteiger partial charge < -0.3 is 0 Å². The SMILES string of the molecule is C=C/C=C(\N=C)C(C)/C=C/C. The average Bonchev–Trinajstić information content (AvgIpc) is 2.00. The molecule has 0 saturated heterocycles. The minimum absolute atomic E-state index is 0.329. The third-order valence-electron chi connectivity index (χ3n) is 1.42. The molecule has 0 aliphatic carbocycles. The lowest BCUT2D eigenvalue weighted by molar-refractivity contribution is 0.849. The largest absolute Gasteiger partial charge is 0.268 e. The number of hydrogen-bond donors (Lipinski definition) is 0.